The third-order valence-electron chi connectivity index (χ3n) is 7.65. The van der Waals surface area contributed by atoms with Gasteiger partial charge < -0.3 is 0 Å². The fourth-order valence-corrected chi connectivity index (χ4v) is 5.51. The fourth-order valence-electron chi connectivity index (χ4n) is 5.51. The SMILES string of the molecule is c1ccc(-c2nc(-c3ccccc3)nc(-c3ccc(-n4c(-c5ccc6ccccc6c5)nc5ccccc54)cc3)n2)cc1. The highest BCUT2D eigenvalue weighted by atomic mass is 15.1. The monoisotopic (exact) mass is 551 g/mol. The Morgan fingerprint density at radius 1 is 0.372 bits per heavy atom. The summed E-state index contributed by atoms with van der Waals surface area (Å²) in [6, 6.07) is 51.6. The van der Waals surface area contributed by atoms with Crippen molar-refractivity contribution in [1.29, 1.82) is 0 Å². The van der Waals surface area contributed by atoms with E-state index in [1.165, 1.54) is 10.8 Å². The van der Waals surface area contributed by atoms with E-state index in [9.17, 15) is 0 Å². The van der Waals surface area contributed by atoms with Gasteiger partial charge in [0.2, 0.25) is 0 Å². The lowest BCUT2D eigenvalue weighted by atomic mass is 10.1. The summed E-state index contributed by atoms with van der Waals surface area (Å²) < 4.78 is 2.22. The molecule has 2 aromatic heterocycles. The average molecular weight is 552 g/mol. The lowest BCUT2D eigenvalue weighted by Gasteiger charge is -2.12. The molecule has 6 aromatic carbocycles. The van der Waals surface area contributed by atoms with Crippen LogP contribution in [0.1, 0.15) is 0 Å². The molecule has 8 aromatic rings. The largest absolute Gasteiger partial charge is 0.292 e. The Bertz CT molecular complexity index is 2160. The summed E-state index contributed by atoms with van der Waals surface area (Å²) in [5.41, 5.74) is 6.90. The molecule has 0 aliphatic carbocycles. The predicted octanol–water partition coefficient (Wildman–Crippen LogP) is 9.03. The van der Waals surface area contributed by atoms with Crippen LogP contribution in [-0.4, -0.2) is 24.5 Å². The first-order valence-corrected chi connectivity index (χ1v) is 14.2. The van der Waals surface area contributed by atoms with Crippen molar-refractivity contribution in [2.24, 2.45) is 0 Å². The standard InChI is InChI=1S/C38H25N5/c1-3-12-27(13-4-1)35-40-36(28-14-5-2-6-15-28)42-37(41-35)29-21-23-32(24-22-29)43-34-18-10-9-17-33(34)39-38(43)31-20-19-26-11-7-8-16-30(26)25-31/h1-25H. The third-order valence-corrected chi connectivity index (χ3v) is 7.65. The number of fused-ring (bicyclic) bond motifs is 2. The van der Waals surface area contributed by atoms with Crippen molar-refractivity contribution in [1.82, 2.24) is 24.5 Å². The Balaban J connectivity index is 1.25. The van der Waals surface area contributed by atoms with Gasteiger partial charge >= 0.3 is 0 Å². The van der Waals surface area contributed by atoms with E-state index in [1.807, 2.05) is 66.7 Å². The van der Waals surface area contributed by atoms with E-state index < -0.39 is 0 Å². The molecule has 0 atom stereocenters. The molecule has 0 aliphatic heterocycles. The highest BCUT2D eigenvalue weighted by Crippen LogP contribution is 2.32. The zero-order valence-corrected chi connectivity index (χ0v) is 23.2. The second-order valence-electron chi connectivity index (χ2n) is 10.4. The predicted molar refractivity (Wildman–Crippen MR) is 174 cm³/mol. The van der Waals surface area contributed by atoms with Gasteiger partial charge in [0.1, 0.15) is 5.82 Å². The molecule has 2 heterocycles. The number of benzene rings is 6. The van der Waals surface area contributed by atoms with E-state index in [-0.39, 0.29) is 0 Å². The number of hydrogen-bond donors (Lipinski definition) is 0. The first-order valence-electron chi connectivity index (χ1n) is 14.2. The van der Waals surface area contributed by atoms with Crippen LogP contribution in [-0.2, 0) is 0 Å². The number of imidazole rings is 1. The van der Waals surface area contributed by atoms with Gasteiger partial charge in [0, 0.05) is 27.9 Å². The highest BCUT2D eigenvalue weighted by molar-refractivity contribution is 5.89. The van der Waals surface area contributed by atoms with Gasteiger partial charge in [-0.2, -0.15) is 0 Å². The van der Waals surface area contributed by atoms with Gasteiger partial charge in [0.15, 0.2) is 17.5 Å². The van der Waals surface area contributed by atoms with Crippen molar-refractivity contribution >= 4 is 21.8 Å². The van der Waals surface area contributed by atoms with Gasteiger partial charge in [0.05, 0.1) is 11.0 Å². The minimum Gasteiger partial charge on any atom is -0.292 e. The van der Waals surface area contributed by atoms with Gasteiger partial charge in [-0.1, -0.05) is 109 Å². The summed E-state index contributed by atoms with van der Waals surface area (Å²) in [5, 5.41) is 2.40. The Morgan fingerprint density at radius 2 is 0.884 bits per heavy atom. The molecule has 0 fully saturated rings. The Hall–Kier alpha value is -5.94. The Labute approximate surface area is 248 Å². The molecule has 0 N–H and O–H groups in total. The van der Waals surface area contributed by atoms with Gasteiger partial charge in [-0.15, -0.1) is 0 Å². The minimum absolute atomic E-state index is 0.629. The molecule has 0 saturated carbocycles. The van der Waals surface area contributed by atoms with E-state index in [1.54, 1.807) is 0 Å². The van der Waals surface area contributed by atoms with Crippen LogP contribution in [0.4, 0.5) is 0 Å². The summed E-state index contributed by atoms with van der Waals surface area (Å²) in [4.78, 5) is 19.7. The molecule has 43 heavy (non-hydrogen) atoms. The zero-order valence-electron chi connectivity index (χ0n) is 23.2. The molecule has 0 spiro atoms. The van der Waals surface area contributed by atoms with Crippen LogP contribution in [0.5, 0.6) is 0 Å². The van der Waals surface area contributed by atoms with Crippen LogP contribution < -0.4 is 0 Å². The maximum atomic E-state index is 5.07. The quantitative estimate of drug-likeness (QED) is 0.214. The van der Waals surface area contributed by atoms with E-state index in [0.29, 0.717) is 17.5 Å². The fraction of sp³-hybridized carbons (Fsp3) is 0. The second-order valence-corrected chi connectivity index (χ2v) is 10.4. The Kier molecular flexibility index (Phi) is 6.05. The van der Waals surface area contributed by atoms with Crippen molar-refractivity contribution in [2.75, 3.05) is 0 Å². The topological polar surface area (TPSA) is 56.5 Å². The molecule has 0 radical (unpaired) electrons. The van der Waals surface area contributed by atoms with Crippen molar-refractivity contribution in [3.05, 3.63) is 152 Å². The number of rotatable bonds is 5. The van der Waals surface area contributed by atoms with Crippen LogP contribution in [0.2, 0.25) is 0 Å². The van der Waals surface area contributed by atoms with Gasteiger partial charge in [-0.05, 0) is 53.2 Å². The first-order chi connectivity index (χ1) is 21.3. The molecule has 202 valence electrons. The number of para-hydroxylation sites is 2. The van der Waals surface area contributed by atoms with E-state index in [0.717, 1.165) is 44.8 Å². The van der Waals surface area contributed by atoms with Crippen LogP contribution >= 0.6 is 0 Å². The van der Waals surface area contributed by atoms with Gasteiger partial charge in [-0.25, -0.2) is 19.9 Å². The molecule has 8 rings (SSSR count). The van der Waals surface area contributed by atoms with Crippen molar-refractivity contribution < 1.29 is 0 Å². The summed E-state index contributed by atoms with van der Waals surface area (Å²) in [6.45, 7) is 0. The molecule has 0 aliphatic rings. The van der Waals surface area contributed by atoms with Crippen molar-refractivity contribution in [2.45, 2.75) is 0 Å². The van der Waals surface area contributed by atoms with Gasteiger partial charge in [0.25, 0.3) is 0 Å². The molecule has 0 unspecified atom stereocenters. The lowest BCUT2D eigenvalue weighted by Crippen LogP contribution is -2.01. The first kappa shape index (κ1) is 24.8. The summed E-state index contributed by atoms with van der Waals surface area (Å²) in [6.07, 6.45) is 0. The van der Waals surface area contributed by atoms with E-state index in [2.05, 4.69) is 89.5 Å². The van der Waals surface area contributed by atoms with Crippen LogP contribution in [0.3, 0.4) is 0 Å². The number of nitrogens with zero attached hydrogens (tertiary/aromatic N) is 5. The molecule has 0 bridgehead atoms. The highest BCUT2D eigenvalue weighted by Gasteiger charge is 2.16. The van der Waals surface area contributed by atoms with E-state index in [4.69, 9.17) is 19.9 Å². The summed E-state index contributed by atoms with van der Waals surface area (Å²) >= 11 is 0. The van der Waals surface area contributed by atoms with Crippen LogP contribution in [0, 0.1) is 0 Å². The minimum atomic E-state index is 0.629. The van der Waals surface area contributed by atoms with Crippen molar-refractivity contribution in [3.8, 4) is 51.2 Å². The Morgan fingerprint density at radius 3 is 1.53 bits per heavy atom. The molecular weight excluding hydrogens is 526 g/mol. The normalized spacial score (nSPS) is 11.3. The lowest BCUT2D eigenvalue weighted by molar-refractivity contribution is 1.07. The summed E-state index contributed by atoms with van der Waals surface area (Å²) in [7, 11) is 0. The second kappa shape index (κ2) is 10.5. The number of hydrogen-bond acceptors (Lipinski definition) is 4. The average Bonchev–Trinajstić information content (AvgIpc) is 3.48. The maximum Gasteiger partial charge on any atom is 0.164 e. The molecule has 5 nitrogen and oxygen atoms in total. The molecule has 0 amide bonds. The molecule has 5 heteroatoms. The van der Waals surface area contributed by atoms with Crippen LogP contribution in [0.25, 0.3) is 73.0 Å². The summed E-state index contributed by atoms with van der Waals surface area (Å²) in [5.74, 6) is 2.82. The third kappa shape index (κ3) is 4.63. The van der Waals surface area contributed by atoms with E-state index >= 15 is 0 Å². The molecule has 0 saturated heterocycles. The smallest absolute Gasteiger partial charge is 0.164 e. The molecular formula is C38H25N5. The maximum absolute atomic E-state index is 5.07. The zero-order chi connectivity index (χ0) is 28.6. The number of aromatic nitrogens is 5. The van der Waals surface area contributed by atoms with Gasteiger partial charge in [-0.3, -0.25) is 4.57 Å². The van der Waals surface area contributed by atoms with Crippen LogP contribution in [0.15, 0.2) is 152 Å². The van der Waals surface area contributed by atoms with Crippen molar-refractivity contribution in [3.63, 3.8) is 0 Å².